The average molecular weight is 581 g/mol. The van der Waals surface area contributed by atoms with E-state index in [1.807, 2.05) is 0 Å². The Bertz CT molecular complexity index is 1220. The molecule has 1 heterocycles. The normalized spacial score (nSPS) is 15.2. The van der Waals surface area contributed by atoms with Crippen molar-refractivity contribution in [1.82, 2.24) is 9.80 Å². The second-order valence-corrected chi connectivity index (χ2v) is 9.27. The Hall–Kier alpha value is -3.59. The predicted octanol–water partition coefficient (Wildman–Crippen LogP) is 5.32. The van der Waals surface area contributed by atoms with Crippen LogP contribution >= 0.6 is 0 Å². The molecule has 0 aromatic heterocycles. The van der Waals surface area contributed by atoms with Crippen molar-refractivity contribution in [3.8, 4) is 5.75 Å². The molecule has 1 unspecified atom stereocenters. The van der Waals surface area contributed by atoms with E-state index >= 15 is 0 Å². The summed E-state index contributed by atoms with van der Waals surface area (Å²) < 4.78 is 107. The quantitative estimate of drug-likeness (QED) is 0.396. The number of rotatable bonds is 8. The van der Waals surface area contributed by atoms with E-state index in [9.17, 15) is 40.3 Å². The summed E-state index contributed by atoms with van der Waals surface area (Å²) in [6.07, 6.45) is -12.5. The molecular formula is C25H27F7N4O4. The Kier molecular flexibility index (Phi) is 9.19. The highest BCUT2D eigenvalue weighted by atomic mass is 19.4. The van der Waals surface area contributed by atoms with Gasteiger partial charge in [-0.1, -0.05) is 0 Å². The van der Waals surface area contributed by atoms with Crippen molar-refractivity contribution in [2.24, 2.45) is 0 Å². The third kappa shape index (κ3) is 7.13. The number of methoxy groups -OCH3 is 1. The van der Waals surface area contributed by atoms with Crippen LogP contribution in [-0.2, 0) is 17.1 Å². The molecule has 0 spiro atoms. The molecule has 40 heavy (non-hydrogen) atoms. The lowest BCUT2D eigenvalue weighted by atomic mass is 10.1. The zero-order chi connectivity index (χ0) is 30.0. The van der Waals surface area contributed by atoms with Crippen LogP contribution in [0.3, 0.4) is 0 Å². The maximum Gasteiger partial charge on any atom is 0.420 e. The van der Waals surface area contributed by atoms with Crippen molar-refractivity contribution >= 4 is 23.5 Å². The van der Waals surface area contributed by atoms with Gasteiger partial charge in [-0.25, -0.2) is 14.0 Å². The predicted molar refractivity (Wildman–Crippen MR) is 131 cm³/mol. The first kappa shape index (κ1) is 30.9. The van der Waals surface area contributed by atoms with Crippen molar-refractivity contribution in [2.45, 2.75) is 18.5 Å². The van der Waals surface area contributed by atoms with Gasteiger partial charge in [0.25, 0.3) is 0 Å². The van der Waals surface area contributed by atoms with Gasteiger partial charge in [0.2, 0.25) is 0 Å². The lowest BCUT2D eigenvalue weighted by Crippen LogP contribution is -2.41. The van der Waals surface area contributed by atoms with Crippen molar-refractivity contribution in [3.05, 3.63) is 53.3 Å². The molecule has 2 aromatic carbocycles. The average Bonchev–Trinajstić information content (AvgIpc) is 3.21. The molecule has 3 rings (SSSR count). The van der Waals surface area contributed by atoms with Gasteiger partial charge >= 0.3 is 24.5 Å². The summed E-state index contributed by atoms with van der Waals surface area (Å²) in [5.41, 5.74) is -4.43. The van der Waals surface area contributed by atoms with Crippen molar-refractivity contribution < 1.29 is 49.8 Å². The number of carbonyl (C=O) groups is 2. The Morgan fingerprint density at radius 3 is 2.15 bits per heavy atom. The second kappa shape index (κ2) is 11.9. The lowest BCUT2D eigenvalue weighted by molar-refractivity contribution is -0.143. The molecule has 8 nitrogen and oxygen atoms in total. The molecular weight excluding hydrogens is 553 g/mol. The molecule has 1 aliphatic rings. The topological polar surface area (TPSA) is 65.6 Å². The van der Waals surface area contributed by atoms with Crippen LogP contribution in [-0.4, -0.2) is 82.5 Å². The highest BCUT2D eigenvalue weighted by Gasteiger charge is 2.44. The standard InChI is InChI=1S/C25H27F7N4O4/c1-33(2)13-18(39-4)14-35-9-10-36(22(35)37)20-12-15(24(27,28)29)11-19(25(30,31)32)21(20)40-23(38)34(3)17-7-5-16(26)6-8-17/h5-8,11-12,18H,9-10,13-14H2,1-4H3. The van der Waals surface area contributed by atoms with Crippen LogP contribution in [0.4, 0.5) is 51.7 Å². The number of carbonyl (C=O) groups excluding carboxylic acids is 2. The Morgan fingerprint density at radius 2 is 1.62 bits per heavy atom. The number of amides is 3. The number of hydrogen-bond donors (Lipinski definition) is 0. The summed E-state index contributed by atoms with van der Waals surface area (Å²) >= 11 is 0. The summed E-state index contributed by atoms with van der Waals surface area (Å²) in [6, 6.07) is 3.55. The van der Waals surface area contributed by atoms with Crippen LogP contribution in [0.2, 0.25) is 0 Å². The molecule has 3 amide bonds. The minimum Gasteiger partial charge on any atom is -0.407 e. The van der Waals surface area contributed by atoms with E-state index in [1.54, 1.807) is 19.0 Å². The highest BCUT2D eigenvalue weighted by molar-refractivity contribution is 5.97. The minimum atomic E-state index is -5.39. The molecule has 0 bridgehead atoms. The third-order valence-electron chi connectivity index (χ3n) is 6.09. The van der Waals surface area contributed by atoms with E-state index in [-0.39, 0.29) is 31.4 Å². The molecule has 2 aromatic rings. The number of nitrogens with zero attached hydrogens (tertiary/aromatic N) is 4. The number of likely N-dealkylation sites (N-methyl/N-ethyl adjacent to an activating group) is 1. The van der Waals surface area contributed by atoms with Gasteiger partial charge in [-0.15, -0.1) is 0 Å². The van der Waals surface area contributed by atoms with E-state index < -0.39 is 59.0 Å². The number of urea groups is 1. The van der Waals surface area contributed by atoms with Crippen LogP contribution in [0.25, 0.3) is 0 Å². The summed E-state index contributed by atoms with van der Waals surface area (Å²) in [5, 5.41) is 0. The second-order valence-electron chi connectivity index (χ2n) is 9.27. The van der Waals surface area contributed by atoms with E-state index in [0.29, 0.717) is 17.5 Å². The fraction of sp³-hybridized carbons (Fsp3) is 0.440. The maximum absolute atomic E-state index is 14.1. The molecule has 1 saturated heterocycles. The summed E-state index contributed by atoms with van der Waals surface area (Å²) in [4.78, 5) is 30.5. The molecule has 0 radical (unpaired) electrons. The Morgan fingerprint density at radius 1 is 1.00 bits per heavy atom. The smallest absolute Gasteiger partial charge is 0.407 e. The number of anilines is 2. The number of ether oxygens (including phenoxy) is 2. The Labute approximate surface area is 225 Å². The van der Waals surface area contributed by atoms with Crippen LogP contribution in [0.5, 0.6) is 5.75 Å². The van der Waals surface area contributed by atoms with Gasteiger partial charge in [0.15, 0.2) is 5.75 Å². The fourth-order valence-electron chi connectivity index (χ4n) is 4.06. The van der Waals surface area contributed by atoms with E-state index in [0.717, 1.165) is 36.2 Å². The first-order chi connectivity index (χ1) is 18.5. The van der Waals surface area contributed by atoms with Crippen molar-refractivity contribution in [1.29, 1.82) is 0 Å². The molecule has 1 atom stereocenters. The van der Waals surface area contributed by atoms with Gasteiger partial charge in [-0.05, 0) is 50.5 Å². The molecule has 0 saturated carbocycles. The van der Waals surface area contributed by atoms with Gasteiger partial charge in [0, 0.05) is 46.0 Å². The molecule has 220 valence electrons. The van der Waals surface area contributed by atoms with Crippen LogP contribution in [0.15, 0.2) is 36.4 Å². The number of benzene rings is 2. The first-order valence-corrected chi connectivity index (χ1v) is 11.8. The summed E-state index contributed by atoms with van der Waals surface area (Å²) in [6.45, 7) is 0.0823. The maximum atomic E-state index is 14.1. The summed E-state index contributed by atoms with van der Waals surface area (Å²) in [7, 11) is 6.04. The lowest BCUT2D eigenvalue weighted by Gasteiger charge is -2.27. The van der Waals surface area contributed by atoms with Gasteiger partial charge in [0.1, 0.15) is 11.4 Å². The molecule has 1 fully saturated rings. The molecule has 0 N–H and O–H groups in total. The van der Waals surface area contributed by atoms with Crippen molar-refractivity contribution in [3.63, 3.8) is 0 Å². The fourth-order valence-corrected chi connectivity index (χ4v) is 4.06. The molecule has 0 aliphatic carbocycles. The number of alkyl halides is 6. The SMILES string of the molecule is COC(CN(C)C)CN1CCN(c2cc(C(F)(F)F)cc(C(F)(F)F)c2OC(=O)N(C)c2ccc(F)cc2)C1=O. The first-order valence-electron chi connectivity index (χ1n) is 11.8. The molecule has 1 aliphatic heterocycles. The molecule has 15 heteroatoms. The zero-order valence-corrected chi connectivity index (χ0v) is 21.9. The van der Waals surface area contributed by atoms with Gasteiger partial charge in [-0.3, -0.25) is 9.80 Å². The van der Waals surface area contributed by atoms with E-state index in [2.05, 4.69) is 0 Å². The van der Waals surface area contributed by atoms with Crippen molar-refractivity contribution in [2.75, 3.05) is 64.2 Å². The van der Waals surface area contributed by atoms with E-state index in [4.69, 9.17) is 9.47 Å². The van der Waals surface area contributed by atoms with Crippen LogP contribution in [0, 0.1) is 5.82 Å². The highest BCUT2D eigenvalue weighted by Crippen LogP contribution is 2.47. The van der Waals surface area contributed by atoms with Crippen LogP contribution < -0.4 is 14.5 Å². The third-order valence-corrected chi connectivity index (χ3v) is 6.09. The number of halogens is 7. The summed E-state index contributed by atoms with van der Waals surface area (Å²) in [5.74, 6) is -1.92. The monoisotopic (exact) mass is 580 g/mol. The van der Waals surface area contributed by atoms with Gasteiger partial charge in [0.05, 0.1) is 17.4 Å². The minimum absolute atomic E-state index is 0.0114. The number of hydrogen-bond acceptors (Lipinski definition) is 5. The van der Waals surface area contributed by atoms with Crippen LogP contribution in [0.1, 0.15) is 11.1 Å². The Balaban J connectivity index is 2.07. The van der Waals surface area contributed by atoms with Gasteiger partial charge in [-0.2, -0.15) is 26.3 Å². The zero-order valence-electron chi connectivity index (χ0n) is 21.9. The largest absolute Gasteiger partial charge is 0.420 e. The van der Waals surface area contributed by atoms with E-state index in [1.165, 1.54) is 12.0 Å². The van der Waals surface area contributed by atoms with Gasteiger partial charge < -0.3 is 19.3 Å².